The maximum Gasteiger partial charge on any atom is 0.383 e. The van der Waals surface area contributed by atoms with Crippen molar-refractivity contribution in [2.75, 3.05) is 39.6 Å². The Morgan fingerprint density at radius 2 is 1.46 bits per heavy atom. The van der Waals surface area contributed by atoms with E-state index in [1.54, 1.807) is 20.8 Å². The van der Waals surface area contributed by atoms with Gasteiger partial charge in [0.05, 0.1) is 25.2 Å². The molecule has 0 aliphatic carbocycles. The molecular weight excluding hydrogens is 340 g/mol. The lowest BCUT2D eigenvalue weighted by Crippen LogP contribution is -2.40. The van der Waals surface area contributed by atoms with Crippen LogP contribution in [0, 0.1) is 5.41 Å². The van der Waals surface area contributed by atoms with Crippen molar-refractivity contribution >= 4 is 5.97 Å². The largest absolute Gasteiger partial charge is 0.463 e. The third kappa shape index (κ3) is 10.0. The number of alkyl halides is 4. The van der Waals surface area contributed by atoms with E-state index in [4.69, 9.17) is 9.84 Å². The Bertz CT molecular complexity index is 376. The van der Waals surface area contributed by atoms with Crippen LogP contribution in [-0.4, -0.2) is 62.9 Å². The van der Waals surface area contributed by atoms with Crippen LogP contribution in [0.25, 0.3) is 0 Å². The maximum absolute atomic E-state index is 13.2. The highest BCUT2D eigenvalue weighted by Crippen LogP contribution is 2.27. The monoisotopic (exact) mass is 364 g/mol. The molecular formula is C14H24F4O6. The molecule has 0 unspecified atom stereocenters. The van der Waals surface area contributed by atoms with Gasteiger partial charge in [0.25, 0.3) is 0 Å². The van der Waals surface area contributed by atoms with Gasteiger partial charge in [-0.2, -0.15) is 17.6 Å². The van der Waals surface area contributed by atoms with Gasteiger partial charge in [-0.1, -0.05) is 6.92 Å². The Morgan fingerprint density at radius 3 is 1.92 bits per heavy atom. The highest BCUT2D eigenvalue weighted by atomic mass is 19.3. The van der Waals surface area contributed by atoms with E-state index in [-0.39, 0.29) is 6.61 Å². The summed E-state index contributed by atoms with van der Waals surface area (Å²) in [5, 5.41) is 8.35. The Kier molecular flexibility index (Phi) is 9.71. The summed E-state index contributed by atoms with van der Waals surface area (Å²) in [6.45, 7) is 0.636. The maximum atomic E-state index is 13.2. The van der Waals surface area contributed by atoms with Crippen molar-refractivity contribution in [3.8, 4) is 0 Å². The third-order valence-electron chi connectivity index (χ3n) is 2.97. The first-order chi connectivity index (χ1) is 11.0. The molecule has 1 N–H and O–H groups in total. The number of hydrogen-bond donors (Lipinski definition) is 1. The minimum Gasteiger partial charge on any atom is -0.463 e. The van der Waals surface area contributed by atoms with Gasteiger partial charge < -0.3 is 19.3 Å². The van der Waals surface area contributed by atoms with Gasteiger partial charge in [0.1, 0.15) is 19.8 Å². The second-order valence-electron chi connectivity index (χ2n) is 5.58. The summed E-state index contributed by atoms with van der Waals surface area (Å²) in [6, 6.07) is 0. The average Bonchev–Trinajstić information content (AvgIpc) is 2.45. The van der Waals surface area contributed by atoms with E-state index in [1.165, 1.54) is 0 Å². The highest BCUT2D eigenvalue weighted by molar-refractivity contribution is 5.75. The minimum atomic E-state index is -4.25. The molecule has 24 heavy (non-hydrogen) atoms. The zero-order chi connectivity index (χ0) is 18.9. The SMILES string of the molecule is CCC(C)(C)C(=O)OCCOCC(F)(F)OC(F)(F)COCCO. The number of hydrogen-bond acceptors (Lipinski definition) is 6. The van der Waals surface area contributed by atoms with Crippen LogP contribution in [0.2, 0.25) is 0 Å². The molecule has 10 heteroatoms. The predicted molar refractivity (Wildman–Crippen MR) is 74.7 cm³/mol. The number of carbonyl (C=O) groups is 1. The molecule has 0 aromatic rings. The van der Waals surface area contributed by atoms with E-state index < -0.39 is 56.6 Å². The molecule has 0 aliphatic heterocycles. The van der Waals surface area contributed by atoms with Crippen molar-refractivity contribution in [3.63, 3.8) is 0 Å². The predicted octanol–water partition coefficient (Wildman–Crippen LogP) is 2.19. The molecule has 0 saturated heterocycles. The van der Waals surface area contributed by atoms with Crippen LogP contribution in [0.1, 0.15) is 27.2 Å². The second-order valence-corrected chi connectivity index (χ2v) is 5.58. The van der Waals surface area contributed by atoms with E-state index >= 15 is 0 Å². The van der Waals surface area contributed by atoms with Crippen molar-refractivity contribution in [1.82, 2.24) is 0 Å². The van der Waals surface area contributed by atoms with Crippen molar-refractivity contribution < 1.29 is 46.4 Å². The van der Waals surface area contributed by atoms with Gasteiger partial charge in [-0.15, -0.1) is 0 Å². The number of carbonyl (C=O) groups excluding carboxylic acids is 1. The molecule has 6 nitrogen and oxygen atoms in total. The summed E-state index contributed by atoms with van der Waals surface area (Å²) < 4.78 is 69.5. The molecule has 0 aromatic heterocycles. The lowest BCUT2D eigenvalue weighted by molar-refractivity contribution is -0.393. The molecule has 0 aliphatic rings. The summed E-state index contributed by atoms with van der Waals surface area (Å²) >= 11 is 0. The van der Waals surface area contributed by atoms with Crippen LogP contribution in [0.5, 0.6) is 0 Å². The summed E-state index contributed by atoms with van der Waals surface area (Å²) in [5.41, 5.74) is -0.705. The molecule has 0 atom stereocenters. The first-order valence-electron chi connectivity index (χ1n) is 7.35. The van der Waals surface area contributed by atoms with Crippen molar-refractivity contribution in [3.05, 3.63) is 0 Å². The molecule has 0 radical (unpaired) electrons. The van der Waals surface area contributed by atoms with Gasteiger partial charge in [-0.25, -0.2) is 0 Å². The molecule has 0 bridgehead atoms. The van der Waals surface area contributed by atoms with E-state index in [1.807, 2.05) is 0 Å². The fourth-order valence-electron chi connectivity index (χ4n) is 1.26. The number of aliphatic hydroxyl groups is 1. The smallest absolute Gasteiger partial charge is 0.383 e. The van der Waals surface area contributed by atoms with E-state index in [0.717, 1.165) is 0 Å². The summed E-state index contributed by atoms with van der Waals surface area (Å²) in [6.07, 6.45) is -7.95. The first-order valence-corrected chi connectivity index (χ1v) is 7.35. The van der Waals surface area contributed by atoms with Crippen molar-refractivity contribution in [2.24, 2.45) is 5.41 Å². The molecule has 0 aromatic carbocycles. The van der Waals surface area contributed by atoms with Crippen LogP contribution < -0.4 is 0 Å². The topological polar surface area (TPSA) is 74.2 Å². The number of ether oxygens (including phenoxy) is 4. The van der Waals surface area contributed by atoms with E-state index in [2.05, 4.69) is 14.2 Å². The molecule has 0 saturated carbocycles. The Hall–Kier alpha value is -0.970. The number of rotatable bonds is 13. The number of halogens is 4. The molecule has 0 rings (SSSR count). The zero-order valence-electron chi connectivity index (χ0n) is 14.0. The lowest BCUT2D eigenvalue weighted by Gasteiger charge is -2.23. The van der Waals surface area contributed by atoms with Gasteiger partial charge in [0.15, 0.2) is 0 Å². The molecule has 0 amide bonds. The normalized spacial score (nSPS) is 13.2. The van der Waals surface area contributed by atoms with Crippen LogP contribution in [0.3, 0.4) is 0 Å². The Morgan fingerprint density at radius 1 is 0.958 bits per heavy atom. The lowest BCUT2D eigenvalue weighted by atomic mass is 9.91. The highest BCUT2D eigenvalue weighted by Gasteiger charge is 2.44. The standard InChI is InChI=1S/C14H24F4O6/c1-4-12(2,3)11(20)23-8-7-22-10-14(17,18)24-13(15,16)9-21-6-5-19/h19H,4-10H2,1-3H3. The van der Waals surface area contributed by atoms with Gasteiger partial charge in [-0.3, -0.25) is 9.53 Å². The molecule has 0 spiro atoms. The minimum absolute atomic E-state index is 0.283. The van der Waals surface area contributed by atoms with Gasteiger partial charge in [0.2, 0.25) is 0 Å². The summed E-state index contributed by atoms with van der Waals surface area (Å²) in [7, 11) is 0. The molecule has 0 heterocycles. The zero-order valence-corrected chi connectivity index (χ0v) is 14.0. The molecule has 144 valence electrons. The summed E-state index contributed by atoms with van der Waals surface area (Å²) in [4.78, 5) is 11.6. The van der Waals surface area contributed by atoms with Gasteiger partial charge >= 0.3 is 18.2 Å². The van der Waals surface area contributed by atoms with Crippen LogP contribution in [0.15, 0.2) is 0 Å². The number of aliphatic hydroxyl groups excluding tert-OH is 1. The fourth-order valence-corrected chi connectivity index (χ4v) is 1.26. The van der Waals surface area contributed by atoms with Crippen molar-refractivity contribution in [1.29, 1.82) is 0 Å². The van der Waals surface area contributed by atoms with Gasteiger partial charge in [0, 0.05) is 0 Å². The quantitative estimate of drug-likeness (QED) is 0.307. The molecule has 0 fully saturated rings. The average molecular weight is 364 g/mol. The second kappa shape index (κ2) is 10.1. The van der Waals surface area contributed by atoms with E-state index in [9.17, 15) is 22.4 Å². The van der Waals surface area contributed by atoms with E-state index in [0.29, 0.717) is 6.42 Å². The van der Waals surface area contributed by atoms with Crippen molar-refractivity contribution in [2.45, 2.75) is 39.4 Å². The van der Waals surface area contributed by atoms with Gasteiger partial charge in [-0.05, 0) is 20.3 Å². The van der Waals surface area contributed by atoms with Crippen LogP contribution in [0.4, 0.5) is 17.6 Å². The van der Waals surface area contributed by atoms with Crippen LogP contribution in [-0.2, 0) is 23.7 Å². The number of esters is 1. The third-order valence-corrected chi connectivity index (χ3v) is 2.97. The fraction of sp³-hybridized carbons (Fsp3) is 0.929. The summed E-state index contributed by atoms with van der Waals surface area (Å²) in [5.74, 6) is -0.510. The Balaban J connectivity index is 4.06. The Labute approximate surface area is 138 Å². The van der Waals surface area contributed by atoms with Crippen LogP contribution >= 0.6 is 0 Å². The first kappa shape index (κ1) is 23.0.